The Labute approximate surface area is 131 Å². The molecule has 0 N–H and O–H groups in total. The summed E-state index contributed by atoms with van der Waals surface area (Å²) in [6.45, 7) is 7.49. The van der Waals surface area contributed by atoms with Crippen LogP contribution >= 0.6 is 11.6 Å². The number of rotatable bonds is 3. The summed E-state index contributed by atoms with van der Waals surface area (Å²) in [5.41, 5.74) is 1.20. The molecule has 5 heteroatoms. The van der Waals surface area contributed by atoms with Crippen LogP contribution in [0.5, 0.6) is 0 Å². The third kappa shape index (κ3) is 3.74. The fraction of sp³-hybridized carbons (Fsp3) is 0.625. The zero-order chi connectivity index (χ0) is 15.6. The zero-order valence-corrected chi connectivity index (χ0v) is 13.9. The molecule has 0 bridgehead atoms. The lowest BCUT2D eigenvalue weighted by Gasteiger charge is -2.39. The van der Waals surface area contributed by atoms with Crippen LogP contribution in [0.1, 0.15) is 55.6 Å². The Kier molecular flexibility index (Phi) is 4.89. The van der Waals surface area contributed by atoms with Gasteiger partial charge in [0.25, 0.3) is 5.91 Å². The maximum atomic E-state index is 12.7. The van der Waals surface area contributed by atoms with E-state index in [1.54, 1.807) is 13.2 Å². The number of halogens is 1. The number of likely N-dealkylation sites (tertiary alicyclic amines) is 1. The maximum absolute atomic E-state index is 12.7. The highest BCUT2D eigenvalue weighted by atomic mass is 35.5. The molecule has 116 valence electrons. The maximum Gasteiger partial charge on any atom is 0.254 e. The molecule has 1 amide bonds. The van der Waals surface area contributed by atoms with Gasteiger partial charge in [-0.1, -0.05) is 25.4 Å². The zero-order valence-electron chi connectivity index (χ0n) is 13.1. The van der Waals surface area contributed by atoms with E-state index in [4.69, 9.17) is 16.3 Å². The Hall–Kier alpha value is -1.13. The second-order valence-electron chi connectivity index (χ2n) is 6.24. The predicted octanol–water partition coefficient (Wildman–Crippen LogP) is 3.50. The average molecular weight is 311 g/mol. The predicted molar refractivity (Wildman–Crippen MR) is 83.9 cm³/mol. The van der Waals surface area contributed by atoms with Crippen molar-refractivity contribution in [3.05, 3.63) is 28.5 Å². The summed E-state index contributed by atoms with van der Waals surface area (Å²) in [5, 5.41) is 0.371. The van der Waals surface area contributed by atoms with E-state index in [1.807, 2.05) is 31.7 Å². The van der Waals surface area contributed by atoms with Crippen LogP contribution < -0.4 is 0 Å². The number of hydrogen-bond acceptors (Lipinski definition) is 3. The molecule has 0 radical (unpaired) electrons. The van der Waals surface area contributed by atoms with Gasteiger partial charge in [-0.3, -0.25) is 4.79 Å². The molecule has 1 aromatic rings. The van der Waals surface area contributed by atoms with Gasteiger partial charge in [0, 0.05) is 31.5 Å². The number of carbonyl (C=O) groups is 1. The quantitative estimate of drug-likeness (QED) is 0.802. The van der Waals surface area contributed by atoms with Crippen LogP contribution in [0, 0.1) is 0 Å². The van der Waals surface area contributed by atoms with Gasteiger partial charge in [0.15, 0.2) is 0 Å². The molecule has 2 heterocycles. The van der Waals surface area contributed by atoms with Crippen molar-refractivity contribution < 1.29 is 9.53 Å². The van der Waals surface area contributed by atoms with Crippen molar-refractivity contribution in [1.29, 1.82) is 0 Å². The minimum absolute atomic E-state index is 0.00387. The monoisotopic (exact) mass is 310 g/mol. The lowest BCUT2D eigenvalue weighted by Crippen LogP contribution is -2.49. The van der Waals surface area contributed by atoms with Gasteiger partial charge in [0.2, 0.25) is 0 Å². The van der Waals surface area contributed by atoms with Gasteiger partial charge in [-0.25, -0.2) is 4.98 Å². The molecule has 21 heavy (non-hydrogen) atoms. The van der Waals surface area contributed by atoms with Crippen molar-refractivity contribution in [2.45, 2.75) is 45.1 Å². The van der Waals surface area contributed by atoms with E-state index in [-0.39, 0.29) is 17.4 Å². The smallest absolute Gasteiger partial charge is 0.254 e. The lowest BCUT2D eigenvalue weighted by molar-refractivity contribution is -0.0440. The Balaban J connectivity index is 2.23. The number of nitrogens with zero attached hydrogens (tertiary/aromatic N) is 2. The van der Waals surface area contributed by atoms with Crippen molar-refractivity contribution in [2.75, 3.05) is 20.2 Å². The molecular formula is C16H23ClN2O2. The summed E-state index contributed by atoms with van der Waals surface area (Å²) in [4.78, 5) is 18.8. The summed E-state index contributed by atoms with van der Waals surface area (Å²) >= 11 is 6.05. The molecule has 0 aliphatic carbocycles. The molecule has 1 saturated heterocycles. The number of carbonyl (C=O) groups excluding carboxylic acids is 1. The fourth-order valence-electron chi connectivity index (χ4n) is 2.66. The van der Waals surface area contributed by atoms with E-state index in [9.17, 15) is 4.79 Å². The van der Waals surface area contributed by atoms with Crippen LogP contribution in [0.4, 0.5) is 0 Å². The normalized spacial score (nSPS) is 22.7. The Morgan fingerprint density at radius 2 is 2.19 bits per heavy atom. The Bertz CT molecular complexity index is 533. The summed E-state index contributed by atoms with van der Waals surface area (Å²) < 4.78 is 5.55. The lowest BCUT2D eigenvalue weighted by atomic mass is 9.94. The summed E-state index contributed by atoms with van der Waals surface area (Å²) in [5.74, 6) is 0.241. The summed E-state index contributed by atoms with van der Waals surface area (Å²) in [6.07, 6.45) is 1.92. The molecule has 1 aromatic heterocycles. The number of piperidine rings is 1. The van der Waals surface area contributed by atoms with Crippen molar-refractivity contribution in [2.24, 2.45) is 0 Å². The van der Waals surface area contributed by atoms with Gasteiger partial charge in [-0.15, -0.1) is 0 Å². The third-order valence-corrected chi connectivity index (χ3v) is 4.28. The largest absolute Gasteiger partial charge is 0.377 e. The van der Waals surface area contributed by atoms with Crippen molar-refractivity contribution in [3.63, 3.8) is 0 Å². The molecule has 0 spiro atoms. The first-order valence-corrected chi connectivity index (χ1v) is 7.74. The van der Waals surface area contributed by atoms with E-state index in [2.05, 4.69) is 4.98 Å². The first-order chi connectivity index (χ1) is 9.84. The van der Waals surface area contributed by atoms with Crippen LogP contribution in [0.2, 0.25) is 5.15 Å². The van der Waals surface area contributed by atoms with Crippen molar-refractivity contribution in [3.8, 4) is 0 Å². The standard InChI is InChI=1S/C16H23ClN2O2/c1-11(2)13-8-12(9-14(17)18-13)15(20)19-7-5-6-16(3,10-19)21-4/h8-9,11H,5-7,10H2,1-4H3. The van der Waals surface area contributed by atoms with Crippen LogP contribution in [-0.4, -0.2) is 41.6 Å². The van der Waals surface area contributed by atoms with E-state index in [0.717, 1.165) is 25.1 Å². The second-order valence-corrected chi connectivity index (χ2v) is 6.63. The highest BCUT2D eigenvalue weighted by Gasteiger charge is 2.33. The Morgan fingerprint density at radius 3 is 2.81 bits per heavy atom. The molecule has 1 atom stereocenters. The minimum Gasteiger partial charge on any atom is -0.377 e. The van der Waals surface area contributed by atoms with Crippen LogP contribution in [0.25, 0.3) is 0 Å². The molecule has 1 unspecified atom stereocenters. The van der Waals surface area contributed by atoms with Gasteiger partial charge in [-0.2, -0.15) is 0 Å². The second kappa shape index (κ2) is 6.32. The molecule has 0 aromatic carbocycles. The van der Waals surface area contributed by atoms with Crippen LogP contribution in [0.3, 0.4) is 0 Å². The molecule has 4 nitrogen and oxygen atoms in total. The van der Waals surface area contributed by atoms with Gasteiger partial charge >= 0.3 is 0 Å². The van der Waals surface area contributed by atoms with E-state index < -0.39 is 0 Å². The minimum atomic E-state index is -0.258. The number of hydrogen-bond donors (Lipinski definition) is 0. The summed E-state index contributed by atoms with van der Waals surface area (Å²) in [6, 6.07) is 3.49. The van der Waals surface area contributed by atoms with Gasteiger partial charge < -0.3 is 9.64 Å². The molecule has 2 rings (SSSR count). The molecule has 1 fully saturated rings. The van der Waals surface area contributed by atoms with Gasteiger partial charge in [0.05, 0.1) is 5.60 Å². The molecule has 1 aliphatic rings. The van der Waals surface area contributed by atoms with Crippen LogP contribution in [0.15, 0.2) is 12.1 Å². The SMILES string of the molecule is COC1(C)CCCN(C(=O)c2cc(Cl)nc(C(C)C)c2)C1. The van der Waals surface area contributed by atoms with Gasteiger partial charge in [-0.05, 0) is 37.8 Å². The van der Waals surface area contributed by atoms with E-state index >= 15 is 0 Å². The van der Waals surface area contributed by atoms with Crippen molar-refractivity contribution >= 4 is 17.5 Å². The third-order valence-electron chi connectivity index (χ3n) is 4.09. The van der Waals surface area contributed by atoms with Crippen LogP contribution in [-0.2, 0) is 4.74 Å². The highest BCUT2D eigenvalue weighted by molar-refractivity contribution is 6.29. The average Bonchev–Trinajstić information content (AvgIpc) is 2.46. The number of aromatic nitrogens is 1. The summed E-state index contributed by atoms with van der Waals surface area (Å²) in [7, 11) is 1.70. The Morgan fingerprint density at radius 1 is 1.48 bits per heavy atom. The highest BCUT2D eigenvalue weighted by Crippen LogP contribution is 2.26. The van der Waals surface area contributed by atoms with Gasteiger partial charge in [0.1, 0.15) is 5.15 Å². The number of amides is 1. The number of methoxy groups -OCH3 is 1. The molecular weight excluding hydrogens is 288 g/mol. The first kappa shape index (κ1) is 16.2. The van der Waals surface area contributed by atoms with E-state index in [1.165, 1.54) is 0 Å². The first-order valence-electron chi connectivity index (χ1n) is 7.36. The van der Waals surface area contributed by atoms with E-state index in [0.29, 0.717) is 17.3 Å². The fourth-order valence-corrected chi connectivity index (χ4v) is 2.88. The molecule has 0 saturated carbocycles. The number of ether oxygens (including phenoxy) is 1. The molecule has 1 aliphatic heterocycles. The van der Waals surface area contributed by atoms with Crippen molar-refractivity contribution in [1.82, 2.24) is 9.88 Å². The number of pyridine rings is 1. The topological polar surface area (TPSA) is 42.4 Å².